The quantitative estimate of drug-likeness (QED) is 0.933. The van der Waals surface area contributed by atoms with Gasteiger partial charge in [-0.1, -0.05) is 0 Å². The number of hydrogen-bond donors (Lipinski definition) is 1. The fourth-order valence-electron chi connectivity index (χ4n) is 2.22. The molecule has 1 atom stereocenters. The second-order valence-electron chi connectivity index (χ2n) is 4.70. The second-order valence-corrected chi connectivity index (χ2v) is 5.49. The molecule has 1 aromatic carbocycles. The van der Waals surface area contributed by atoms with Gasteiger partial charge in [0.1, 0.15) is 6.07 Å². The summed E-state index contributed by atoms with van der Waals surface area (Å²) >= 11 is 3.11. The van der Waals surface area contributed by atoms with Crippen LogP contribution in [0.15, 0.2) is 16.6 Å². The fourth-order valence-corrected chi connectivity index (χ4v) is 2.65. The van der Waals surface area contributed by atoms with Crippen LogP contribution in [0.5, 0.6) is 0 Å². The van der Waals surface area contributed by atoms with Gasteiger partial charge in [0.25, 0.3) is 0 Å². The normalized spacial score (nSPS) is 19.8. The van der Waals surface area contributed by atoms with E-state index in [4.69, 9.17) is 5.26 Å². The van der Waals surface area contributed by atoms with E-state index in [-0.39, 0.29) is 10.3 Å². The van der Waals surface area contributed by atoms with Gasteiger partial charge in [0.2, 0.25) is 0 Å². The van der Waals surface area contributed by atoms with Crippen molar-refractivity contribution in [3.63, 3.8) is 0 Å². The van der Waals surface area contributed by atoms with Crippen LogP contribution in [0.1, 0.15) is 12.0 Å². The Morgan fingerprint density at radius 1 is 1.61 bits per heavy atom. The van der Waals surface area contributed by atoms with Crippen molar-refractivity contribution in [2.45, 2.75) is 6.42 Å². The minimum atomic E-state index is -0.389. The maximum atomic E-state index is 13.9. The zero-order valence-electron chi connectivity index (χ0n) is 10.2. The molecule has 1 aromatic rings. The van der Waals surface area contributed by atoms with Crippen LogP contribution in [0.25, 0.3) is 0 Å². The van der Waals surface area contributed by atoms with Crippen LogP contribution in [0.4, 0.5) is 10.1 Å². The summed E-state index contributed by atoms with van der Waals surface area (Å²) in [7, 11) is 2.10. The third kappa shape index (κ3) is 2.82. The van der Waals surface area contributed by atoms with Gasteiger partial charge in [-0.3, -0.25) is 0 Å². The number of hydrogen-bond acceptors (Lipinski definition) is 3. The first kappa shape index (κ1) is 13.3. The molecule has 0 aromatic heterocycles. The summed E-state index contributed by atoms with van der Waals surface area (Å²) in [6.07, 6.45) is 1.14. The van der Waals surface area contributed by atoms with Crippen molar-refractivity contribution >= 4 is 21.6 Å². The van der Waals surface area contributed by atoms with Gasteiger partial charge in [-0.05, 0) is 54.0 Å². The van der Waals surface area contributed by atoms with E-state index in [0.29, 0.717) is 17.2 Å². The highest BCUT2D eigenvalue weighted by Gasteiger charge is 2.19. The SMILES string of the molecule is CN1CCC(CNc2ccc(C#N)c(Br)c2F)C1. The van der Waals surface area contributed by atoms with E-state index in [9.17, 15) is 4.39 Å². The molecule has 5 heteroatoms. The first-order valence-electron chi connectivity index (χ1n) is 5.92. The van der Waals surface area contributed by atoms with Crippen LogP contribution < -0.4 is 5.32 Å². The van der Waals surface area contributed by atoms with Gasteiger partial charge in [0.05, 0.1) is 15.7 Å². The molecule has 0 spiro atoms. The number of rotatable bonds is 3. The van der Waals surface area contributed by atoms with E-state index in [2.05, 4.69) is 33.2 Å². The highest BCUT2D eigenvalue weighted by Crippen LogP contribution is 2.27. The van der Waals surface area contributed by atoms with E-state index in [1.54, 1.807) is 12.1 Å². The molecular formula is C13H15BrFN3. The van der Waals surface area contributed by atoms with Gasteiger partial charge in [-0.25, -0.2) is 4.39 Å². The average Bonchev–Trinajstić information content (AvgIpc) is 2.77. The predicted molar refractivity (Wildman–Crippen MR) is 72.9 cm³/mol. The minimum absolute atomic E-state index is 0.235. The molecule has 0 bridgehead atoms. The lowest BCUT2D eigenvalue weighted by atomic mass is 10.1. The molecule has 1 aliphatic rings. The van der Waals surface area contributed by atoms with Crippen LogP contribution >= 0.6 is 15.9 Å². The van der Waals surface area contributed by atoms with Crippen molar-refractivity contribution in [1.82, 2.24) is 4.90 Å². The van der Waals surface area contributed by atoms with Crippen molar-refractivity contribution in [1.29, 1.82) is 5.26 Å². The number of halogens is 2. The van der Waals surface area contributed by atoms with Gasteiger partial charge in [0.15, 0.2) is 5.82 Å². The molecule has 0 saturated carbocycles. The number of benzene rings is 1. The molecule has 1 N–H and O–H groups in total. The van der Waals surface area contributed by atoms with Crippen molar-refractivity contribution in [2.24, 2.45) is 5.92 Å². The van der Waals surface area contributed by atoms with Gasteiger partial charge in [0, 0.05) is 13.1 Å². The molecule has 1 heterocycles. The number of likely N-dealkylation sites (tertiary alicyclic amines) is 1. The molecular weight excluding hydrogens is 297 g/mol. The van der Waals surface area contributed by atoms with Crippen LogP contribution in [0, 0.1) is 23.1 Å². The molecule has 1 aliphatic heterocycles. The van der Waals surface area contributed by atoms with Crippen LogP contribution in [0.3, 0.4) is 0 Å². The third-order valence-corrected chi connectivity index (χ3v) is 4.05. The Morgan fingerprint density at radius 2 is 2.39 bits per heavy atom. The van der Waals surface area contributed by atoms with Crippen molar-refractivity contribution in [3.8, 4) is 6.07 Å². The summed E-state index contributed by atoms with van der Waals surface area (Å²) in [4.78, 5) is 2.28. The largest absolute Gasteiger partial charge is 0.382 e. The molecule has 1 fully saturated rings. The smallest absolute Gasteiger partial charge is 0.161 e. The summed E-state index contributed by atoms with van der Waals surface area (Å²) in [5, 5.41) is 11.9. The van der Waals surface area contributed by atoms with Gasteiger partial charge < -0.3 is 10.2 Å². The van der Waals surface area contributed by atoms with Crippen LogP contribution in [-0.2, 0) is 0 Å². The van der Waals surface area contributed by atoms with E-state index < -0.39 is 0 Å². The number of nitrogens with zero attached hydrogens (tertiary/aromatic N) is 2. The maximum absolute atomic E-state index is 13.9. The molecule has 2 rings (SSSR count). The zero-order valence-corrected chi connectivity index (χ0v) is 11.8. The summed E-state index contributed by atoms with van der Waals surface area (Å²) in [6, 6.07) is 5.19. The van der Waals surface area contributed by atoms with E-state index in [0.717, 1.165) is 26.1 Å². The molecule has 3 nitrogen and oxygen atoms in total. The first-order valence-corrected chi connectivity index (χ1v) is 6.71. The maximum Gasteiger partial charge on any atom is 0.161 e. The molecule has 18 heavy (non-hydrogen) atoms. The van der Waals surface area contributed by atoms with E-state index >= 15 is 0 Å². The Bertz CT molecular complexity index is 484. The Kier molecular flexibility index (Phi) is 4.20. The lowest BCUT2D eigenvalue weighted by molar-refractivity contribution is 0.399. The van der Waals surface area contributed by atoms with Crippen molar-refractivity contribution in [2.75, 3.05) is 32.0 Å². The van der Waals surface area contributed by atoms with Gasteiger partial charge >= 0.3 is 0 Å². The zero-order chi connectivity index (χ0) is 13.1. The van der Waals surface area contributed by atoms with Crippen LogP contribution in [0.2, 0.25) is 0 Å². The lowest BCUT2D eigenvalue weighted by Crippen LogP contribution is -2.19. The van der Waals surface area contributed by atoms with Crippen LogP contribution in [-0.4, -0.2) is 31.6 Å². The minimum Gasteiger partial charge on any atom is -0.382 e. The third-order valence-electron chi connectivity index (χ3n) is 3.27. The van der Waals surface area contributed by atoms with Crippen molar-refractivity contribution < 1.29 is 4.39 Å². The van der Waals surface area contributed by atoms with E-state index in [1.807, 2.05) is 6.07 Å². The molecule has 1 saturated heterocycles. The summed E-state index contributed by atoms with van der Waals surface area (Å²) in [6.45, 7) is 2.91. The number of nitrogens with one attached hydrogen (secondary N) is 1. The lowest BCUT2D eigenvalue weighted by Gasteiger charge is -2.14. The monoisotopic (exact) mass is 311 g/mol. The fraction of sp³-hybridized carbons (Fsp3) is 0.462. The topological polar surface area (TPSA) is 39.1 Å². The molecule has 1 unspecified atom stereocenters. The highest BCUT2D eigenvalue weighted by molar-refractivity contribution is 9.10. The van der Waals surface area contributed by atoms with Crippen molar-refractivity contribution in [3.05, 3.63) is 28.0 Å². The summed E-state index contributed by atoms with van der Waals surface area (Å²) in [5.41, 5.74) is 0.772. The van der Waals surface area contributed by atoms with E-state index in [1.165, 1.54) is 0 Å². The van der Waals surface area contributed by atoms with Gasteiger partial charge in [-0.15, -0.1) is 0 Å². The highest BCUT2D eigenvalue weighted by atomic mass is 79.9. The predicted octanol–water partition coefficient (Wildman–Crippen LogP) is 2.82. The average molecular weight is 312 g/mol. The standard InChI is InChI=1S/C13H15BrFN3/c1-18-5-4-9(8-18)7-17-11-3-2-10(6-16)12(14)13(11)15/h2-3,9,17H,4-5,7-8H2,1H3. The molecule has 0 amide bonds. The number of anilines is 1. The molecule has 0 aliphatic carbocycles. The summed E-state index contributed by atoms with van der Waals surface area (Å²) in [5.74, 6) is 0.171. The molecule has 0 radical (unpaired) electrons. The Balaban J connectivity index is 2.02. The summed E-state index contributed by atoms with van der Waals surface area (Å²) < 4.78 is 14.2. The number of nitriles is 1. The molecule has 96 valence electrons. The first-order chi connectivity index (χ1) is 8.61. The Hall–Kier alpha value is -1.12. The second kappa shape index (κ2) is 5.68. The Labute approximate surface area is 115 Å². The Morgan fingerprint density at radius 3 is 3.00 bits per heavy atom. The van der Waals surface area contributed by atoms with Gasteiger partial charge in [-0.2, -0.15) is 5.26 Å².